The van der Waals surface area contributed by atoms with Gasteiger partial charge in [0.15, 0.2) is 5.82 Å². The monoisotopic (exact) mass is 396 g/mol. The number of amides is 1. The highest BCUT2D eigenvalue weighted by molar-refractivity contribution is 5.99. The lowest BCUT2D eigenvalue weighted by Gasteiger charge is -2.35. The van der Waals surface area contributed by atoms with E-state index in [0.717, 1.165) is 50.6 Å². The van der Waals surface area contributed by atoms with Gasteiger partial charge in [0.25, 0.3) is 5.91 Å². The number of carbonyl (C=O) groups is 1. The van der Waals surface area contributed by atoms with E-state index in [0.29, 0.717) is 17.9 Å². The number of anilines is 1. The van der Waals surface area contributed by atoms with Crippen molar-refractivity contribution in [2.75, 3.05) is 64.8 Å². The third kappa shape index (κ3) is 5.52. The number of aryl methyl sites for hydroxylation is 1. The van der Waals surface area contributed by atoms with Gasteiger partial charge in [-0.25, -0.2) is 9.97 Å². The van der Waals surface area contributed by atoms with Crippen molar-refractivity contribution in [1.29, 1.82) is 0 Å². The molecule has 1 saturated heterocycles. The summed E-state index contributed by atoms with van der Waals surface area (Å²) in [7, 11) is 3.98. The molecule has 2 heterocycles. The van der Waals surface area contributed by atoms with Crippen LogP contribution < -0.4 is 10.2 Å². The van der Waals surface area contributed by atoms with Crippen LogP contribution >= 0.6 is 0 Å². The number of nitrogens with one attached hydrogen (secondary N) is 1. The second-order valence-electron chi connectivity index (χ2n) is 7.78. The molecule has 1 N–H and O–H groups in total. The van der Waals surface area contributed by atoms with E-state index >= 15 is 0 Å². The van der Waals surface area contributed by atoms with Gasteiger partial charge in [-0.3, -0.25) is 4.79 Å². The van der Waals surface area contributed by atoms with Gasteiger partial charge in [-0.2, -0.15) is 0 Å². The lowest BCUT2D eigenvalue weighted by Crippen LogP contribution is -2.47. The number of piperazine rings is 1. The zero-order valence-electron chi connectivity index (χ0n) is 18.0. The fourth-order valence-electron chi connectivity index (χ4n) is 3.38. The first-order valence-corrected chi connectivity index (χ1v) is 10.3. The molecule has 0 spiro atoms. The van der Waals surface area contributed by atoms with Gasteiger partial charge in [0.1, 0.15) is 11.4 Å². The maximum Gasteiger partial charge on any atom is 0.256 e. The van der Waals surface area contributed by atoms with E-state index in [1.807, 2.05) is 31.1 Å². The number of likely N-dealkylation sites (N-methyl/N-ethyl adjacent to an activating group) is 2. The zero-order chi connectivity index (χ0) is 20.8. The largest absolute Gasteiger partial charge is 0.353 e. The van der Waals surface area contributed by atoms with Crippen LogP contribution in [0.2, 0.25) is 0 Å². The molecule has 0 atom stereocenters. The van der Waals surface area contributed by atoms with Gasteiger partial charge in [-0.05, 0) is 27.6 Å². The van der Waals surface area contributed by atoms with Gasteiger partial charge in [0.05, 0.1) is 0 Å². The molecule has 1 fully saturated rings. The summed E-state index contributed by atoms with van der Waals surface area (Å²) in [6.45, 7) is 10.3. The van der Waals surface area contributed by atoms with Crippen LogP contribution in [0.15, 0.2) is 30.5 Å². The summed E-state index contributed by atoms with van der Waals surface area (Å²) < 4.78 is 0. The number of hydrogen-bond donors (Lipinski definition) is 1. The number of benzene rings is 1. The van der Waals surface area contributed by atoms with Crippen molar-refractivity contribution in [3.8, 4) is 11.4 Å². The minimum Gasteiger partial charge on any atom is -0.353 e. The van der Waals surface area contributed by atoms with Gasteiger partial charge >= 0.3 is 0 Å². The third-order valence-corrected chi connectivity index (χ3v) is 5.29. The highest BCUT2D eigenvalue weighted by Gasteiger charge is 2.23. The van der Waals surface area contributed by atoms with Crippen LogP contribution in [0.3, 0.4) is 0 Å². The highest BCUT2D eigenvalue weighted by atomic mass is 16.1. The molecule has 0 unspecified atom stereocenters. The fraction of sp³-hybridized carbons (Fsp3) is 0.500. The summed E-state index contributed by atoms with van der Waals surface area (Å²) in [6.07, 6.45) is 1.68. The molecular formula is C22H32N6O. The number of nitrogens with zero attached hydrogens (tertiary/aromatic N) is 5. The predicted molar refractivity (Wildman–Crippen MR) is 117 cm³/mol. The molecule has 3 rings (SSSR count). The molecule has 0 bridgehead atoms. The number of carbonyl (C=O) groups excluding carboxylic acids is 1. The van der Waals surface area contributed by atoms with Gasteiger partial charge < -0.3 is 20.0 Å². The van der Waals surface area contributed by atoms with E-state index in [2.05, 4.69) is 46.1 Å². The summed E-state index contributed by atoms with van der Waals surface area (Å²) >= 11 is 0. The maximum atomic E-state index is 12.9. The molecule has 156 valence electrons. The number of rotatable bonds is 7. The number of aromatic nitrogens is 2. The quantitative estimate of drug-likeness (QED) is 0.771. The van der Waals surface area contributed by atoms with Crippen molar-refractivity contribution in [2.24, 2.45) is 0 Å². The van der Waals surface area contributed by atoms with Crippen LogP contribution in [0.5, 0.6) is 0 Å². The minimum atomic E-state index is -0.116. The highest BCUT2D eigenvalue weighted by Crippen LogP contribution is 2.24. The third-order valence-electron chi connectivity index (χ3n) is 5.29. The lowest BCUT2D eigenvalue weighted by molar-refractivity contribution is 0.0950. The summed E-state index contributed by atoms with van der Waals surface area (Å²) in [6, 6.07) is 8.17. The molecule has 7 heteroatoms. The van der Waals surface area contributed by atoms with Crippen LogP contribution in [-0.4, -0.2) is 85.6 Å². The first-order valence-electron chi connectivity index (χ1n) is 10.3. The fourth-order valence-corrected chi connectivity index (χ4v) is 3.38. The van der Waals surface area contributed by atoms with Crippen LogP contribution in [0, 0.1) is 6.92 Å². The Balaban J connectivity index is 1.88. The Labute approximate surface area is 173 Å². The molecule has 7 nitrogen and oxygen atoms in total. The van der Waals surface area contributed by atoms with Gasteiger partial charge in [0.2, 0.25) is 0 Å². The second kappa shape index (κ2) is 9.80. The van der Waals surface area contributed by atoms with E-state index in [-0.39, 0.29) is 5.91 Å². The van der Waals surface area contributed by atoms with E-state index in [9.17, 15) is 4.79 Å². The average molecular weight is 397 g/mol. The Morgan fingerprint density at radius 3 is 2.45 bits per heavy atom. The normalized spacial score (nSPS) is 15.0. The van der Waals surface area contributed by atoms with Crippen LogP contribution in [0.25, 0.3) is 11.4 Å². The molecule has 2 aromatic rings. The van der Waals surface area contributed by atoms with Crippen LogP contribution in [0.1, 0.15) is 22.8 Å². The van der Waals surface area contributed by atoms with Crippen molar-refractivity contribution in [3.05, 3.63) is 41.6 Å². The zero-order valence-corrected chi connectivity index (χ0v) is 18.0. The predicted octanol–water partition coefficient (Wildman–Crippen LogP) is 1.89. The van der Waals surface area contributed by atoms with E-state index in [1.165, 1.54) is 5.56 Å². The van der Waals surface area contributed by atoms with E-state index < -0.39 is 0 Å². The smallest absolute Gasteiger partial charge is 0.256 e. The summed E-state index contributed by atoms with van der Waals surface area (Å²) in [5.41, 5.74) is 2.70. The Morgan fingerprint density at radius 2 is 1.83 bits per heavy atom. The molecule has 1 aromatic carbocycles. The van der Waals surface area contributed by atoms with Crippen molar-refractivity contribution in [3.63, 3.8) is 0 Å². The molecule has 1 aliphatic heterocycles. The molecule has 1 aromatic heterocycles. The van der Waals surface area contributed by atoms with Gasteiger partial charge in [-0.15, -0.1) is 0 Å². The Hall–Kier alpha value is -2.51. The SMILES string of the molecule is CCN1CCN(c2nc(-c3ccc(C)cc3)ncc2C(=O)NCCN(C)C)CC1. The maximum absolute atomic E-state index is 12.9. The summed E-state index contributed by atoms with van der Waals surface area (Å²) in [5, 5.41) is 3.00. The van der Waals surface area contributed by atoms with Crippen molar-refractivity contribution in [2.45, 2.75) is 13.8 Å². The Bertz CT molecular complexity index is 813. The molecule has 0 radical (unpaired) electrons. The molecule has 1 aliphatic rings. The second-order valence-corrected chi connectivity index (χ2v) is 7.78. The summed E-state index contributed by atoms with van der Waals surface area (Å²) in [4.78, 5) is 28.9. The standard InChI is InChI=1S/C22H32N6O/c1-5-27-12-14-28(15-13-27)21-19(22(29)23-10-11-26(3)4)16-24-20(25-21)18-8-6-17(2)7-9-18/h6-9,16H,5,10-15H2,1-4H3,(H,23,29). The molecule has 29 heavy (non-hydrogen) atoms. The van der Waals surface area contributed by atoms with Crippen LogP contribution in [-0.2, 0) is 0 Å². The summed E-state index contributed by atoms with van der Waals surface area (Å²) in [5.74, 6) is 1.27. The van der Waals surface area contributed by atoms with Crippen molar-refractivity contribution < 1.29 is 4.79 Å². The van der Waals surface area contributed by atoms with Gasteiger partial charge in [-0.1, -0.05) is 36.8 Å². The Kier molecular flexibility index (Phi) is 7.17. The Morgan fingerprint density at radius 1 is 1.14 bits per heavy atom. The number of hydrogen-bond acceptors (Lipinski definition) is 6. The van der Waals surface area contributed by atoms with Crippen molar-refractivity contribution >= 4 is 11.7 Å². The molecule has 0 saturated carbocycles. The minimum absolute atomic E-state index is 0.116. The molecule has 0 aliphatic carbocycles. The van der Waals surface area contributed by atoms with Crippen molar-refractivity contribution in [1.82, 2.24) is 25.1 Å². The van der Waals surface area contributed by atoms with Gasteiger partial charge in [0, 0.05) is 51.0 Å². The van der Waals surface area contributed by atoms with E-state index in [1.54, 1.807) is 6.20 Å². The van der Waals surface area contributed by atoms with Crippen LogP contribution in [0.4, 0.5) is 5.82 Å². The topological polar surface area (TPSA) is 64.6 Å². The average Bonchev–Trinajstić information content (AvgIpc) is 2.73. The molecular weight excluding hydrogens is 364 g/mol. The first kappa shape index (κ1) is 21.2. The lowest BCUT2D eigenvalue weighted by atomic mass is 10.1. The first-order chi connectivity index (χ1) is 14.0. The van der Waals surface area contributed by atoms with E-state index in [4.69, 9.17) is 4.98 Å². The molecule has 1 amide bonds.